The largest absolute Gasteiger partial charge is 0.392 e. The molecule has 0 radical (unpaired) electrons. The molecule has 0 bridgehead atoms. The van der Waals surface area contributed by atoms with E-state index in [-0.39, 0.29) is 5.91 Å². The summed E-state index contributed by atoms with van der Waals surface area (Å²) in [6.45, 7) is 6.47. The molecule has 0 atom stereocenters. The van der Waals surface area contributed by atoms with Gasteiger partial charge >= 0.3 is 0 Å². The molecule has 2 N–H and O–H groups in total. The third-order valence-corrected chi connectivity index (χ3v) is 4.11. The number of rotatable bonds is 7. The van der Waals surface area contributed by atoms with E-state index in [0.717, 1.165) is 25.7 Å². The van der Waals surface area contributed by atoms with Gasteiger partial charge in [-0.25, -0.2) is 0 Å². The molecule has 0 aromatic carbocycles. The lowest BCUT2D eigenvalue weighted by Crippen LogP contribution is -2.50. The monoisotopic (exact) mass is 272 g/mol. The van der Waals surface area contributed by atoms with Gasteiger partial charge in [0.05, 0.1) is 17.0 Å². The van der Waals surface area contributed by atoms with Crippen molar-refractivity contribution in [2.75, 3.05) is 26.3 Å². The fraction of sp³-hybridized carbons (Fsp3) is 0.846. The minimum absolute atomic E-state index is 0.0923. The number of ether oxygens (including phenoxy) is 1. The molecular weight excluding hydrogens is 248 g/mol. The van der Waals surface area contributed by atoms with Crippen molar-refractivity contribution in [3.8, 4) is 0 Å². The van der Waals surface area contributed by atoms with Crippen LogP contribution < -0.4 is 5.73 Å². The van der Waals surface area contributed by atoms with Crippen molar-refractivity contribution < 1.29 is 9.53 Å². The third-order valence-electron chi connectivity index (χ3n) is 3.72. The van der Waals surface area contributed by atoms with Crippen LogP contribution >= 0.6 is 12.2 Å². The number of nitrogens with two attached hydrogens (primary N) is 1. The van der Waals surface area contributed by atoms with Gasteiger partial charge in [0.1, 0.15) is 0 Å². The van der Waals surface area contributed by atoms with Crippen LogP contribution in [0, 0.1) is 5.41 Å². The highest BCUT2D eigenvalue weighted by Crippen LogP contribution is 2.40. The second kappa shape index (κ2) is 7.04. The Hall–Kier alpha value is -0.680. The highest BCUT2D eigenvalue weighted by atomic mass is 32.1. The molecule has 104 valence electrons. The summed E-state index contributed by atoms with van der Waals surface area (Å²) in [5.41, 5.74) is 5.25. The van der Waals surface area contributed by atoms with Crippen LogP contribution in [0.15, 0.2) is 0 Å². The van der Waals surface area contributed by atoms with Crippen LogP contribution in [0.5, 0.6) is 0 Å². The van der Waals surface area contributed by atoms with Gasteiger partial charge < -0.3 is 15.4 Å². The summed E-state index contributed by atoms with van der Waals surface area (Å²) in [6.07, 6.45) is 3.66. The second-order valence-electron chi connectivity index (χ2n) is 4.74. The van der Waals surface area contributed by atoms with E-state index in [0.29, 0.717) is 31.3 Å². The summed E-state index contributed by atoms with van der Waals surface area (Å²) in [5.74, 6) is 0.0923. The SMILES string of the molecule is CCOCCN(CC)C(=O)C1(C(N)=S)CCCC1. The lowest BCUT2D eigenvalue weighted by molar-refractivity contribution is -0.138. The van der Waals surface area contributed by atoms with Gasteiger partial charge in [0.25, 0.3) is 0 Å². The van der Waals surface area contributed by atoms with Gasteiger partial charge in [-0.1, -0.05) is 25.1 Å². The van der Waals surface area contributed by atoms with E-state index in [1.54, 1.807) is 0 Å². The topological polar surface area (TPSA) is 55.6 Å². The zero-order valence-electron chi connectivity index (χ0n) is 11.4. The van der Waals surface area contributed by atoms with E-state index in [2.05, 4.69) is 0 Å². The highest BCUT2D eigenvalue weighted by Gasteiger charge is 2.45. The summed E-state index contributed by atoms with van der Waals surface area (Å²) in [6, 6.07) is 0. The lowest BCUT2D eigenvalue weighted by atomic mass is 9.84. The number of nitrogens with zero attached hydrogens (tertiary/aromatic N) is 1. The Bertz CT molecular complexity index is 301. The Morgan fingerprint density at radius 1 is 1.39 bits per heavy atom. The van der Waals surface area contributed by atoms with E-state index < -0.39 is 5.41 Å². The Labute approximate surface area is 115 Å². The molecule has 0 spiro atoms. The molecule has 0 aromatic rings. The van der Waals surface area contributed by atoms with Crippen molar-refractivity contribution in [2.45, 2.75) is 39.5 Å². The average Bonchev–Trinajstić information content (AvgIpc) is 2.84. The number of carbonyl (C=O) groups excluding carboxylic acids is 1. The molecule has 1 saturated carbocycles. The average molecular weight is 272 g/mol. The normalized spacial score (nSPS) is 17.7. The summed E-state index contributed by atoms with van der Waals surface area (Å²) >= 11 is 5.15. The first kappa shape index (κ1) is 15.4. The fourth-order valence-electron chi connectivity index (χ4n) is 2.57. The van der Waals surface area contributed by atoms with Crippen molar-refractivity contribution in [1.29, 1.82) is 0 Å². The molecule has 1 rings (SSSR count). The number of hydrogen-bond acceptors (Lipinski definition) is 3. The van der Waals surface area contributed by atoms with Crippen molar-refractivity contribution in [3.63, 3.8) is 0 Å². The molecule has 4 nitrogen and oxygen atoms in total. The number of likely N-dealkylation sites (N-methyl/N-ethyl adjacent to an activating group) is 1. The second-order valence-corrected chi connectivity index (χ2v) is 5.18. The zero-order valence-corrected chi connectivity index (χ0v) is 12.2. The molecule has 0 unspecified atom stereocenters. The lowest BCUT2D eigenvalue weighted by Gasteiger charge is -2.33. The first-order valence-corrected chi connectivity index (χ1v) is 7.16. The minimum atomic E-state index is -0.586. The standard InChI is InChI=1S/C13H24N2O2S/c1-3-15(9-10-17-4-2)12(16)13(11(14)18)7-5-6-8-13/h3-10H2,1-2H3,(H2,14,18). The van der Waals surface area contributed by atoms with Gasteiger partial charge in [0, 0.05) is 19.7 Å². The van der Waals surface area contributed by atoms with Crippen LogP contribution in [-0.4, -0.2) is 42.1 Å². The predicted molar refractivity (Wildman–Crippen MR) is 76.4 cm³/mol. The maximum atomic E-state index is 12.6. The molecule has 1 aliphatic rings. The van der Waals surface area contributed by atoms with Gasteiger partial charge in [0.2, 0.25) is 5.91 Å². The molecule has 1 amide bonds. The summed E-state index contributed by atoms with van der Waals surface area (Å²) in [4.78, 5) is 14.8. The molecule has 1 aliphatic carbocycles. The zero-order chi connectivity index (χ0) is 13.6. The number of thiocarbonyl (C=S) groups is 1. The van der Waals surface area contributed by atoms with Crippen molar-refractivity contribution in [2.24, 2.45) is 11.1 Å². The van der Waals surface area contributed by atoms with Gasteiger partial charge in [0.15, 0.2) is 0 Å². The van der Waals surface area contributed by atoms with E-state index in [1.165, 1.54) is 0 Å². The van der Waals surface area contributed by atoms with Crippen LogP contribution in [-0.2, 0) is 9.53 Å². The Kier molecular flexibility index (Phi) is 6.02. The Morgan fingerprint density at radius 2 is 2.00 bits per heavy atom. The number of amides is 1. The van der Waals surface area contributed by atoms with Crippen LogP contribution in [0.2, 0.25) is 0 Å². The third kappa shape index (κ3) is 3.20. The fourth-order valence-corrected chi connectivity index (χ4v) is 2.86. The molecule has 18 heavy (non-hydrogen) atoms. The Balaban J connectivity index is 2.71. The van der Waals surface area contributed by atoms with E-state index in [1.807, 2.05) is 18.7 Å². The van der Waals surface area contributed by atoms with Crippen molar-refractivity contribution >= 4 is 23.1 Å². The molecule has 5 heteroatoms. The number of hydrogen-bond donors (Lipinski definition) is 1. The first-order valence-electron chi connectivity index (χ1n) is 6.75. The van der Waals surface area contributed by atoms with Crippen molar-refractivity contribution in [1.82, 2.24) is 4.90 Å². The van der Waals surface area contributed by atoms with Crippen LogP contribution in [0.3, 0.4) is 0 Å². The van der Waals surface area contributed by atoms with Gasteiger partial charge in [-0.05, 0) is 26.7 Å². The predicted octanol–water partition coefficient (Wildman–Crippen LogP) is 1.72. The van der Waals surface area contributed by atoms with Gasteiger partial charge in [-0.2, -0.15) is 0 Å². The number of carbonyl (C=O) groups is 1. The molecular formula is C13H24N2O2S. The van der Waals surface area contributed by atoms with Crippen molar-refractivity contribution in [3.05, 3.63) is 0 Å². The summed E-state index contributed by atoms with van der Waals surface area (Å²) in [5, 5.41) is 0. The van der Waals surface area contributed by atoms with Crippen LogP contribution in [0.1, 0.15) is 39.5 Å². The molecule has 0 aliphatic heterocycles. The van der Waals surface area contributed by atoms with Crippen LogP contribution in [0.4, 0.5) is 0 Å². The van der Waals surface area contributed by atoms with Gasteiger partial charge in [-0.3, -0.25) is 4.79 Å². The van der Waals surface area contributed by atoms with E-state index in [4.69, 9.17) is 22.7 Å². The molecule has 0 saturated heterocycles. The summed E-state index contributed by atoms with van der Waals surface area (Å²) < 4.78 is 5.31. The molecule has 0 aromatic heterocycles. The molecule has 0 heterocycles. The highest BCUT2D eigenvalue weighted by molar-refractivity contribution is 7.80. The van der Waals surface area contributed by atoms with E-state index in [9.17, 15) is 4.79 Å². The van der Waals surface area contributed by atoms with Gasteiger partial charge in [-0.15, -0.1) is 0 Å². The first-order chi connectivity index (χ1) is 8.58. The minimum Gasteiger partial charge on any atom is -0.392 e. The van der Waals surface area contributed by atoms with E-state index >= 15 is 0 Å². The molecule has 1 fully saturated rings. The van der Waals surface area contributed by atoms with Crippen LogP contribution in [0.25, 0.3) is 0 Å². The quantitative estimate of drug-likeness (QED) is 0.566. The maximum absolute atomic E-state index is 12.6. The maximum Gasteiger partial charge on any atom is 0.235 e. The summed E-state index contributed by atoms with van der Waals surface area (Å²) in [7, 11) is 0. The smallest absolute Gasteiger partial charge is 0.235 e. The Morgan fingerprint density at radius 3 is 2.44 bits per heavy atom.